The second-order valence-electron chi connectivity index (χ2n) is 5.62. The maximum atomic E-state index is 13.5. The molecule has 0 unspecified atom stereocenters. The summed E-state index contributed by atoms with van der Waals surface area (Å²) in [6.07, 6.45) is 8.26. The first-order chi connectivity index (χ1) is 8.76. The van der Waals surface area contributed by atoms with Crippen LogP contribution in [0.2, 0.25) is 0 Å². The van der Waals surface area contributed by atoms with Crippen LogP contribution >= 0.6 is 7.59 Å². The van der Waals surface area contributed by atoms with Gasteiger partial charge in [-0.05, 0) is 12.8 Å². The maximum Gasteiger partial charge on any atom is 0.287 e. The molecule has 1 aliphatic carbocycles. The van der Waals surface area contributed by atoms with Gasteiger partial charge in [-0.2, -0.15) is 0 Å². The summed E-state index contributed by atoms with van der Waals surface area (Å²) in [7, 11) is -2.41. The fourth-order valence-corrected chi connectivity index (χ4v) is 6.31. The molecule has 0 aromatic heterocycles. The van der Waals surface area contributed by atoms with Crippen LogP contribution in [0.4, 0.5) is 0 Å². The molecular formula is C13H24N3OP. The molecule has 0 aromatic carbocycles. The number of hydrogen-bond donors (Lipinski definition) is 0. The lowest BCUT2D eigenvalue weighted by molar-refractivity contribution is 0.249. The van der Waals surface area contributed by atoms with E-state index in [0.29, 0.717) is 6.04 Å². The Morgan fingerprint density at radius 1 is 1.11 bits per heavy atom. The molecule has 3 fully saturated rings. The van der Waals surface area contributed by atoms with Crippen molar-refractivity contribution >= 4 is 7.59 Å². The molecule has 2 aliphatic heterocycles. The fraction of sp³-hybridized carbons (Fsp3) is 0.846. The van der Waals surface area contributed by atoms with E-state index in [-0.39, 0.29) is 0 Å². The summed E-state index contributed by atoms with van der Waals surface area (Å²) in [4.78, 5) is 0. The van der Waals surface area contributed by atoms with E-state index in [0.717, 1.165) is 32.7 Å². The van der Waals surface area contributed by atoms with Gasteiger partial charge in [-0.15, -0.1) is 6.58 Å². The Morgan fingerprint density at radius 3 is 2.11 bits per heavy atom. The summed E-state index contributed by atoms with van der Waals surface area (Å²) in [5, 5.41) is 0. The monoisotopic (exact) mass is 269 g/mol. The molecule has 2 saturated heterocycles. The minimum absolute atomic E-state index is 0.504. The van der Waals surface area contributed by atoms with Gasteiger partial charge in [-0.25, -0.2) is 14.0 Å². The van der Waals surface area contributed by atoms with Crippen LogP contribution in [-0.4, -0.2) is 52.8 Å². The maximum absolute atomic E-state index is 13.5. The topological polar surface area (TPSA) is 26.3 Å². The van der Waals surface area contributed by atoms with Gasteiger partial charge in [0.25, 0.3) is 7.59 Å². The van der Waals surface area contributed by atoms with Crippen molar-refractivity contribution < 1.29 is 4.57 Å². The van der Waals surface area contributed by atoms with Gasteiger partial charge in [0.1, 0.15) is 0 Å². The molecule has 3 rings (SSSR count). The molecule has 1 saturated carbocycles. The van der Waals surface area contributed by atoms with Gasteiger partial charge >= 0.3 is 0 Å². The number of rotatable bonds is 6. The van der Waals surface area contributed by atoms with Gasteiger partial charge in [0.15, 0.2) is 0 Å². The van der Waals surface area contributed by atoms with Crippen molar-refractivity contribution in [3.8, 4) is 0 Å². The van der Waals surface area contributed by atoms with Crippen LogP contribution < -0.4 is 0 Å². The molecule has 0 amide bonds. The first-order valence-electron chi connectivity index (χ1n) is 7.25. The Morgan fingerprint density at radius 2 is 1.67 bits per heavy atom. The smallest absolute Gasteiger partial charge is 0.270 e. The van der Waals surface area contributed by atoms with Gasteiger partial charge in [-0.3, -0.25) is 4.57 Å². The Hall–Kier alpha value is -0.150. The molecule has 5 heteroatoms. The molecular weight excluding hydrogens is 245 g/mol. The Labute approximate surface area is 110 Å². The SMILES string of the molecule is C=CCN(C1CCCCC1)P(=O)(N1CC1)N1CC1. The van der Waals surface area contributed by atoms with Crippen LogP contribution in [0.3, 0.4) is 0 Å². The van der Waals surface area contributed by atoms with Crippen LogP contribution in [-0.2, 0) is 4.57 Å². The zero-order valence-corrected chi connectivity index (χ0v) is 12.0. The molecule has 0 N–H and O–H groups in total. The molecule has 0 radical (unpaired) electrons. The van der Waals surface area contributed by atoms with E-state index < -0.39 is 7.59 Å². The average molecular weight is 269 g/mol. The van der Waals surface area contributed by atoms with E-state index in [1.54, 1.807) is 0 Å². The summed E-state index contributed by atoms with van der Waals surface area (Å²) in [6, 6.07) is 0.504. The third-order valence-electron chi connectivity index (χ3n) is 4.23. The second-order valence-corrected chi connectivity index (χ2v) is 8.29. The molecule has 18 heavy (non-hydrogen) atoms. The van der Waals surface area contributed by atoms with Crippen LogP contribution in [0.1, 0.15) is 32.1 Å². The first-order valence-corrected chi connectivity index (χ1v) is 8.82. The van der Waals surface area contributed by atoms with Gasteiger partial charge in [0.2, 0.25) is 0 Å². The van der Waals surface area contributed by atoms with E-state index in [1.807, 2.05) is 6.08 Å². The minimum Gasteiger partial charge on any atom is -0.270 e. The van der Waals surface area contributed by atoms with E-state index in [2.05, 4.69) is 20.6 Å². The lowest BCUT2D eigenvalue weighted by atomic mass is 9.95. The van der Waals surface area contributed by atoms with Crippen LogP contribution in [0.15, 0.2) is 12.7 Å². The third-order valence-corrected chi connectivity index (χ3v) is 7.66. The van der Waals surface area contributed by atoms with Crippen molar-refractivity contribution in [2.24, 2.45) is 0 Å². The summed E-state index contributed by atoms with van der Waals surface area (Å²) in [5.41, 5.74) is 0. The molecule has 4 nitrogen and oxygen atoms in total. The van der Waals surface area contributed by atoms with Crippen molar-refractivity contribution in [3.63, 3.8) is 0 Å². The van der Waals surface area contributed by atoms with E-state index >= 15 is 0 Å². The van der Waals surface area contributed by atoms with E-state index in [9.17, 15) is 4.57 Å². The standard InChI is InChI=1S/C13H24N3OP/c1-2-8-16(13-6-4-3-5-7-13)18(17,14-9-10-14)15-11-12-15/h2,13H,1,3-12H2. The Bertz CT molecular complexity index is 343. The normalized spacial score (nSPS) is 26.5. The van der Waals surface area contributed by atoms with E-state index in [4.69, 9.17) is 0 Å². The van der Waals surface area contributed by atoms with Crippen LogP contribution in [0, 0.1) is 0 Å². The van der Waals surface area contributed by atoms with Gasteiger partial charge in [0.05, 0.1) is 0 Å². The zero-order valence-electron chi connectivity index (χ0n) is 11.1. The van der Waals surface area contributed by atoms with Crippen molar-refractivity contribution in [3.05, 3.63) is 12.7 Å². The fourth-order valence-electron chi connectivity index (χ4n) is 3.09. The summed E-state index contributed by atoms with van der Waals surface area (Å²) >= 11 is 0. The molecule has 3 aliphatic rings. The molecule has 0 spiro atoms. The second kappa shape index (κ2) is 5.09. The highest BCUT2D eigenvalue weighted by molar-refractivity contribution is 7.57. The van der Waals surface area contributed by atoms with Crippen molar-refractivity contribution in [1.82, 2.24) is 14.0 Å². The van der Waals surface area contributed by atoms with Crippen molar-refractivity contribution in [2.75, 3.05) is 32.7 Å². The lowest BCUT2D eigenvalue weighted by Crippen LogP contribution is -2.38. The number of hydrogen-bond acceptors (Lipinski definition) is 1. The zero-order chi connectivity index (χ0) is 12.6. The highest BCUT2D eigenvalue weighted by atomic mass is 31.2. The van der Waals surface area contributed by atoms with E-state index in [1.165, 1.54) is 32.1 Å². The van der Waals surface area contributed by atoms with Crippen molar-refractivity contribution in [1.29, 1.82) is 0 Å². The molecule has 102 valence electrons. The average Bonchev–Trinajstić information content (AvgIpc) is 3.28. The largest absolute Gasteiger partial charge is 0.287 e. The molecule has 2 heterocycles. The molecule has 0 atom stereocenters. The third kappa shape index (κ3) is 2.32. The Kier molecular flexibility index (Phi) is 3.63. The molecule has 0 bridgehead atoms. The summed E-state index contributed by atoms with van der Waals surface area (Å²) < 4.78 is 20.1. The van der Waals surface area contributed by atoms with Crippen LogP contribution in [0.25, 0.3) is 0 Å². The predicted molar refractivity (Wildman–Crippen MR) is 74.5 cm³/mol. The quantitative estimate of drug-likeness (QED) is 0.420. The lowest BCUT2D eigenvalue weighted by Gasteiger charge is -2.39. The van der Waals surface area contributed by atoms with Gasteiger partial charge in [0, 0.05) is 38.8 Å². The summed E-state index contributed by atoms with van der Waals surface area (Å²) in [6.45, 7) is 8.67. The highest BCUT2D eigenvalue weighted by Gasteiger charge is 2.53. The highest BCUT2D eigenvalue weighted by Crippen LogP contribution is 2.64. The van der Waals surface area contributed by atoms with Crippen LogP contribution in [0.5, 0.6) is 0 Å². The number of nitrogens with zero attached hydrogens (tertiary/aromatic N) is 3. The van der Waals surface area contributed by atoms with Gasteiger partial charge < -0.3 is 0 Å². The molecule has 0 aromatic rings. The first kappa shape index (κ1) is 12.9. The van der Waals surface area contributed by atoms with Crippen molar-refractivity contribution in [2.45, 2.75) is 38.1 Å². The predicted octanol–water partition coefficient (Wildman–Crippen LogP) is 2.55. The summed E-state index contributed by atoms with van der Waals surface area (Å²) in [5.74, 6) is 0. The minimum atomic E-state index is -2.41. The van der Waals surface area contributed by atoms with Gasteiger partial charge in [-0.1, -0.05) is 25.3 Å². The Balaban J connectivity index is 1.81.